The van der Waals surface area contributed by atoms with Crippen molar-refractivity contribution in [2.75, 3.05) is 19.8 Å². The monoisotopic (exact) mass is 283 g/mol. The average Bonchev–Trinajstić information content (AvgIpc) is 2.64. The van der Waals surface area contributed by atoms with E-state index in [-0.39, 0.29) is 25.5 Å². The number of hydrogen-bond acceptors (Lipinski definition) is 4. The Morgan fingerprint density at radius 3 is 2.50 bits per heavy atom. The minimum Gasteiger partial charge on any atom is -0.477 e. The number of rotatable bonds is 7. The summed E-state index contributed by atoms with van der Waals surface area (Å²) in [5.41, 5.74) is 6.05. The van der Waals surface area contributed by atoms with E-state index in [1.165, 1.54) is 0 Å². The summed E-state index contributed by atoms with van der Waals surface area (Å²) in [5.74, 6) is -2.10. The van der Waals surface area contributed by atoms with Gasteiger partial charge in [0, 0.05) is 12.2 Å². The zero-order valence-corrected chi connectivity index (χ0v) is 11.3. The number of hydrogen-bond donors (Lipinski definition) is 4. The zero-order chi connectivity index (χ0) is 15.3. The van der Waals surface area contributed by atoms with Gasteiger partial charge in [-0.3, -0.25) is 9.59 Å². The van der Waals surface area contributed by atoms with E-state index in [4.69, 9.17) is 15.6 Å². The Balaban J connectivity index is 2.60. The summed E-state index contributed by atoms with van der Waals surface area (Å²) >= 11 is 0. The molecular weight excluding hydrogens is 266 g/mol. The molecule has 110 valence electrons. The molecule has 0 aliphatic heterocycles. The van der Waals surface area contributed by atoms with E-state index in [1.807, 2.05) is 0 Å². The third-order valence-corrected chi connectivity index (χ3v) is 2.65. The number of H-pyrrole nitrogens is 1. The second-order valence-corrected chi connectivity index (χ2v) is 4.20. The lowest BCUT2D eigenvalue weighted by atomic mass is 10.1. The predicted molar refractivity (Wildman–Crippen MR) is 69.6 cm³/mol. The molecule has 0 unspecified atom stereocenters. The first kappa shape index (κ1) is 15.7. The summed E-state index contributed by atoms with van der Waals surface area (Å²) in [6.07, 6.45) is 0. The molecule has 1 aromatic rings. The Hall–Kier alpha value is -2.35. The minimum absolute atomic E-state index is 0.00220. The Kier molecular flexibility index (Phi) is 5.27. The van der Waals surface area contributed by atoms with Crippen LogP contribution in [0.3, 0.4) is 0 Å². The number of primary amides is 1. The van der Waals surface area contributed by atoms with Gasteiger partial charge in [-0.05, 0) is 19.4 Å². The molecule has 2 amide bonds. The molecule has 0 saturated carbocycles. The third-order valence-electron chi connectivity index (χ3n) is 2.65. The molecule has 8 nitrogen and oxygen atoms in total. The van der Waals surface area contributed by atoms with Gasteiger partial charge in [-0.15, -0.1) is 0 Å². The van der Waals surface area contributed by atoms with Gasteiger partial charge in [-0.1, -0.05) is 0 Å². The van der Waals surface area contributed by atoms with Crippen LogP contribution in [0, 0.1) is 13.8 Å². The SMILES string of the molecule is Cc1[nH]c(C(=O)O)c(C)c1C(=O)NCCOCC(N)=O. The number of carbonyl (C=O) groups is 3. The van der Waals surface area contributed by atoms with Gasteiger partial charge in [0.05, 0.1) is 12.2 Å². The number of ether oxygens (including phenoxy) is 1. The molecule has 0 atom stereocenters. The van der Waals surface area contributed by atoms with Crippen LogP contribution < -0.4 is 11.1 Å². The van der Waals surface area contributed by atoms with Crippen LogP contribution in [0.1, 0.15) is 32.1 Å². The van der Waals surface area contributed by atoms with Crippen LogP contribution in [-0.2, 0) is 9.53 Å². The Morgan fingerprint density at radius 1 is 1.35 bits per heavy atom. The van der Waals surface area contributed by atoms with Crippen LogP contribution in [0.15, 0.2) is 0 Å². The van der Waals surface area contributed by atoms with Gasteiger partial charge >= 0.3 is 5.97 Å². The fraction of sp³-hybridized carbons (Fsp3) is 0.417. The summed E-state index contributed by atoms with van der Waals surface area (Å²) in [4.78, 5) is 36.0. The molecule has 0 radical (unpaired) electrons. The van der Waals surface area contributed by atoms with E-state index in [0.29, 0.717) is 16.8 Å². The van der Waals surface area contributed by atoms with Gasteiger partial charge in [0.25, 0.3) is 5.91 Å². The largest absolute Gasteiger partial charge is 0.477 e. The first-order valence-electron chi connectivity index (χ1n) is 5.91. The minimum atomic E-state index is -1.12. The molecule has 1 rings (SSSR count). The molecule has 0 aliphatic carbocycles. The van der Waals surface area contributed by atoms with E-state index < -0.39 is 17.8 Å². The second kappa shape index (κ2) is 6.71. The maximum absolute atomic E-state index is 11.9. The molecule has 5 N–H and O–H groups in total. The van der Waals surface area contributed by atoms with Crippen molar-refractivity contribution in [3.63, 3.8) is 0 Å². The van der Waals surface area contributed by atoms with Gasteiger partial charge < -0.3 is 25.9 Å². The van der Waals surface area contributed by atoms with Crippen LogP contribution in [0.4, 0.5) is 0 Å². The number of aryl methyl sites for hydroxylation is 1. The summed E-state index contributed by atoms with van der Waals surface area (Å²) in [7, 11) is 0. The second-order valence-electron chi connectivity index (χ2n) is 4.20. The number of carboxylic acids is 1. The molecule has 1 aromatic heterocycles. The smallest absolute Gasteiger partial charge is 0.352 e. The lowest BCUT2D eigenvalue weighted by Crippen LogP contribution is -2.29. The Morgan fingerprint density at radius 2 is 2.00 bits per heavy atom. The highest BCUT2D eigenvalue weighted by atomic mass is 16.5. The molecule has 0 saturated heterocycles. The fourth-order valence-electron chi connectivity index (χ4n) is 1.80. The van der Waals surface area contributed by atoms with Crippen LogP contribution in [0.5, 0.6) is 0 Å². The molecule has 0 fully saturated rings. The number of nitrogens with one attached hydrogen (secondary N) is 2. The zero-order valence-electron chi connectivity index (χ0n) is 11.3. The van der Waals surface area contributed by atoms with Gasteiger partial charge in [-0.25, -0.2) is 4.79 Å². The van der Waals surface area contributed by atoms with Crippen molar-refractivity contribution in [3.05, 3.63) is 22.5 Å². The van der Waals surface area contributed by atoms with Gasteiger partial charge in [0.15, 0.2) is 0 Å². The molecule has 0 aromatic carbocycles. The van der Waals surface area contributed by atoms with Crippen LogP contribution in [0.25, 0.3) is 0 Å². The summed E-state index contributed by atoms with van der Waals surface area (Å²) in [6.45, 7) is 3.31. The summed E-state index contributed by atoms with van der Waals surface area (Å²) in [6, 6.07) is 0. The predicted octanol–water partition coefficient (Wildman–Crippen LogP) is -0.439. The fourth-order valence-corrected chi connectivity index (χ4v) is 1.80. The molecule has 20 heavy (non-hydrogen) atoms. The topological polar surface area (TPSA) is 135 Å². The molecule has 0 aliphatic rings. The van der Waals surface area contributed by atoms with Crippen molar-refractivity contribution in [2.24, 2.45) is 5.73 Å². The van der Waals surface area contributed by atoms with Crippen LogP contribution in [0.2, 0.25) is 0 Å². The summed E-state index contributed by atoms with van der Waals surface area (Å²) in [5, 5.41) is 11.5. The van der Waals surface area contributed by atoms with Crippen molar-refractivity contribution in [1.29, 1.82) is 0 Å². The standard InChI is InChI=1S/C12H17N3O5/c1-6-9(7(2)15-10(6)12(18)19)11(17)14-3-4-20-5-8(13)16/h15H,3-5H2,1-2H3,(H2,13,16)(H,14,17)(H,18,19). The van der Waals surface area contributed by atoms with E-state index in [2.05, 4.69) is 10.3 Å². The molecule has 1 heterocycles. The van der Waals surface area contributed by atoms with Gasteiger partial charge in [-0.2, -0.15) is 0 Å². The van der Waals surface area contributed by atoms with Crippen molar-refractivity contribution in [3.8, 4) is 0 Å². The van der Waals surface area contributed by atoms with Crippen molar-refractivity contribution >= 4 is 17.8 Å². The van der Waals surface area contributed by atoms with Gasteiger partial charge in [0.2, 0.25) is 5.91 Å². The number of amides is 2. The average molecular weight is 283 g/mol. The highest BCUT2D eigenvalue weighted by molar-refractivity contribution is 6.00. The number of aromatic carboxylic acids is 1. The number of aromatic nitrogens is 1. The Labute approximate surface area is 115 Å². The molecule has 0 bridgehead atoms. The van der Waals surface area contributed by atoms with Gasteiger partial charge in [0.1, 0.15) is 12.3 Å². The molecular formula is C12H17N3O5. The lowest BCUT2D eigenvalue weighted by Gasteiger charge is -2.06. The van der Waals surface area contributed by atoms with Crippen LogP contribution in [-0.4, -0.2) is 47.6 Å². The highest BCUT2D eigenvalue weighted by Crippen LogP contribution is 2.17. The summed E-state index contributed by atoms with van der Waals surface area (Å²) < 4.78 is 4.89. The molecule has 0 spiro atoms. The molecule has 8 heteroatoms. The van der Waals surface area contributed by atoms with Crippen molar-refractivity contribution in [2.45, 2.75) is 13.8 Å². The number of carboxylic acid groups (broad SMARTS) is 1. The maximum Gasteiger partial charge on any atom is 0.352 e. The Bertz CT molecular complexity index is 535. The normalized spacial score (nSPS) is 10.3. The quantitative estimate of drug-likeness (QED) is 0.503. The van der Waals surface area contributed by atoms with E-state index in [9.17, 15) is 14.4 Å². The first-order valence-corrected chi connectivity index (χ1v) is 5.91. The van der Waals surface area contributed by atoms with E-state index in [0.717, 1.165) is 0 Å². The van der Waals surface area contributed by atoms with E-state index >= 15 is 0 Å². The lowest BCUT2D eigenvalue weighted by molar-refractivity contribution is -0.122. The van der Waals surface area contributed by atoms with Crippen LogP contribution >= 0.6 is 0 Å². The number of nitrogens with two attached hydrogens (primary N) is 1. The number of aromatic amines is 1. The van der Waals surface area contributed by atoms with E-state index in [1.54, 1.807) is 13.8 Å². The van der Waals surface area contributed by atoms with Crippen molar-refractivity contribution < 1.29 is 24.2 Å². The third kappa shape index (κ3) is 3.82. The highest BCUT2D eigenvalue weighted by Gasteiger charge is 2.21. The first-order chi connectivity index (χ1) is 9.34. The maximum atomic E-state index is 11.9. The number of carbonyl (C=O) groups excluding carboxylic acids is 2. The van der Waals surface area contributed by atoms with Crippen molar-refractivity contribution in [1.82, 2.24) is 10.3 Å².